The Bertz CT molecular complexity index is 339. The van der Waals surface area contributed by atoms with E-state index in [0.29, 0.717) is 30.1 Å². The standard InChI is InChI=1S/C14H21NO2/c16-13-6-5-11-8-15(9-12(11)13)14(17)7-10-3-1-2-4-10/h1,3,10-13,16H,2,4-9H2. The molecule has 0 aromatic carbocycles. The Morgan fingerprint density at radius 2 is 2.18 bits per heavy atom. The molecule has 1 N–H and O–H groups in total. The van der Waals surface area contributed by atoms with E-state index in [4.69, 9.17) is 0 Å². The van der Waals surface area contributed by atoms with Crippen LogP contribution in [0.25, 0.3) is 0 Å². The van der Waals surface area contributed by atoms with Crippen LogP contribution in [0.3, 0.4) is 0 Å². The lowest BCUT2D eigenvalue weighted by Gasteiger charge is -2.20. The highest BCUT2D eigenvalue weighted by atomic mass is 16.3. The number of hydrogen-bond acceptors (Lipinski definition) is 2. The summed E-state index contributed by atoms with van der Waals surface area (Å²) in [4.78, 5) is 14.1. The number of amides is 1. The van der Waals surface area contributed by atoms with Gasteiger partial charge in [-0.3, -0.25) is 4.79 Å². The normalized spacial score (nSPS) is 39.9. The van der Waals surface area contributed by atoms with Gasteiger partial charge in [-0.1, -0.05) is 12.2 Å². The first-order valence-electron chi connectivity index (χ1n) is 6.86. The van der Waals surface area contributed by atoms with Gasteiger partial charge in [0, 0.05) is 25.4 Å². The summed E-state index contributed by atoms with van der Waals surface area (Å²) in [5.41, 5.74) is 0. The number of rotatable bonds is 2. The van der Waals surface area contributed by atoms with Gasteiger partial charge in [-0.2, -0.15) is 0 Å². The molecule has 4 unspecified atom stereocenters. The van der Waals surface area contributed by atoms with Gasteiger partial charge in [0.2, 0.25) is 5.91 Å². The van der Waals surface area contributed by atoms with Gasteiger partial charge in [-0.15, -0.1) is 0 Å². The topological polar surface area (TPSA) is 40.5 Å². The highest BCUT2D eigenvalue weighted by Gasteiger charge is 2.43. The Kier molecular flexibility index (Phi) is 2.95. The fourth-order valence-corrected chi connectivity index (χ4v) is 3.66. The zero-order chi connectivity index (χ0) is 11.8. The molecule has 1 amide bonds. The van der Waals surface area contributed by atoms with Crippen molar-refractivity contribution in [3.63, 3.8) is 0 Å². The second-order valence-corrected chi connectivity index (χ2v) is 5.84. The van der Waals surface area contributed by atoms with E-state index in [1.807, 2.05) is 4.90 Å². The highest BCUT2D eigenvalue weighted by molar-refractivity contribution is 5.77. The van der Waals surface area contributed by atoms with Gasteiger partial charge in [-0.05, 0) is 37.5 Å². The fraction of sp³-hybridized carbons (Fsp3) is 0.786. The maximum atomic E-state index is 12.1. The van der Waals surface area contributed by atoms with Crippen LogP contribution in [0.4, 0.5) is 0 Å². The molecule has 17 heavy (non-hydrogen) atoms. The maximum Gasteiger partial charge on any atom is 0.223 e. The van der Waals surface area contributed by atoms with Crippen LogP contribution in [-0.2, 0) is 4.79 Å². The van der Waals surface area contributed by atoms with E-state index in [1.165, 1.54) is 0 Å². The number of aliphatic hydroxyl groups excluding tert-OH is 1. The smallest absolute Gasteiger partial charge is 0.223 e. The van der Waals surface area contributed by atoms with Crippen molar-refractivity contribution in [2.75, 3.05) is 13.1 Å². The lowest BCUT2D eigenvalue weighted by Crippen LogP contribution is -2.31. The zero-order valence-corrected chi connectivity index (χ0v) is 10.2. The summed E-state index contributed by atoms with van der Waals surface area (Å²) in [5.74, 6) is 1.68. The molecule has 1 saturated carbocycles. The Morgan fingerprint density at radius 1 is 1.29 bits per heavy atom. The molecule has 1 aliphatic heterocycles. The number of aliphatic hydroxyl groups is 1. The lowest BCUT2D eigenvalue weighted by atomic mass is 10.00. The Labute approximate surface area is 102 Å². The number of carbonyl (C=O) groups excluding carboxylic acids is 1. The minimum Gasteiger partial charge on any atom is -0.393 e. The molecule has 2 aliphatic carbocycles. The molecule has 2 fully saturated rings. The summed E-state index contributed by atoms with van der Waals surface area (Å²) >= 11 is 0. The van der Waals surface area contributed by atoms with Gasteiger partial charge < -0.3 is 10.0 Å². The number of fused-ring (bicyclic) bond motifs is 1. The number of nitrogens with zero attached hydrogens (tertiary/aromatic N) is 1. The van der Waals surface area contributed by atoms with E-state index in [9.17, 15) is 9.90 Å². The molecule has 0 aromatic rings. The largest absolute Gasteiger partial charge is 0.393 e. The fourth-order valence-electron chi connectivity index (χ4n) is 3.66. The second-order valence-electron chi connectivity index (χ2n) is 5.84. The molecule has 1 heterocycles. The summed E-state index contributed by atoms with van der Waals surface area (Å²) in [6, 6.07) is 0. The first kappa shape index (κ1) is 11.3. The number of allylic oxidation sites excluding steroid dienone is 2. The summed E-state index contributed by atoms with van der Waals surface area (Å²) in [7, 11) is 0. The number of carbonyl (C=O) groups is 1. The first-order valence-corrected chi connectivity index (χ1v) is 6.86. The van der Waals surface area contributed by atoms with E-state index in [1.54, 1.807) is 0 Å². The van der Waals surface area contributed by atoms with E-state index in [-0.39, 0.29) is 6.10 Å². The van der Waals surface area contributed by atoms with Crippen LogP contribution in [0.2, 0.25) is 0 Å². The van der Waals surface area contributed by atoms with Gasteiger partial charge >= 0.3 is 0 Å². The Balaban J connectivity index is 1.55. The quantitative estimate of drug-likeness (QED) is 0.738. The summed E-state index contributed by atoms with van der Waals surface area (Å²) < 4.78 is 0. The first-order chi connectivity index (χ1) is 8.24. The van der Waals surface area contributed by atoms with E-state index >= 15 is 0 Å². The Morgan fingerprint density at radius 3 is 2.88 bits per heavy atom. The summed E-state index contributed by atoms with van der Waals surface area (Å²) in [6.07, 6.45) is 9.17. The Hall–Kier alpha value is -0.830. The van der Waals surface area contributed by atoms with Crippen molar-refractivity contribution < 1.29 is 9.90 Å². The van der Waals surface area contributed by atoms with Crippen molar-refractivity contribution in [2.24, 2.45) is 17.8 Å². The highest BCUT2D eigenvalue weighted by Crippen LogP contribution is 2.38. The molecular weight excluding hydrogens is 214 g/mol. The van der Waals surface area contributed by atoms with Crippen molar-refractivity contribution in [3.8, 4) is 0 Å². The van der Waals surface area contributed by atoms with Crippen molar-refractivity contribution in [3.05, 3.63) is 12.2 Å². The van der Waals surface area contributed by atoms with Gasteiger partial charge in [-0.25, -0.2) is 0 Å². The third kappa shape index (κ3) is 2.13. The number of hydrogen-bond donors (Lipinski definition) is 1. The number of likely N-dealkylation sites (tertiary alicyclic amines) is 1. The van der Waals surface area contributed by atoms with Gasteiger partial charge in [0.15, 0.2) is 0 Å². The predicted octanol–water partition coefficient (Wildman–Crippen LogP) is 1.57. The van der Waals surface area contributed by atoms with Crippen LogP contribution in [0.15, 0.2) is 12.2 Å². The molecule has 3 heteroatoms. The molecule has 0 spiro atoms. The van der Waals surface area contributed by atoms with E-state index in [0.717, 1.165) is 38.8 Å². The third-order valence-corrected chi connectivity index (χ3v) is 4.72. The molecule has 3 nitrogen and oxygen atoms in total. The molecule has 0 aromatic heterocycles. The monoisotopic (exact) mass is 235 g/mol. The SMILES string of the molecule is O=C(CC1C=CCC1)N1CC2CCC(O)C2C1. The van der Waals surface area contributed by atoms with E-state index in [2.05, 4.69) is 12.2 Å². The molecule has 0 bridgehead atoms. The molecule has 0 radical (unpaired) electrons. The van der Waals surface area contributed by atoms with Gasteiger partial charge in [0.1, 0.15) is 0 Å². The van der Waals surface area contributed by atoms with Crippen molar-refractivity contribution in [1.82, 2.24) is 4.90 Å². The van der Waals surface area contributed by atoms with Crippen molar-refractivity contribution >= 4 is 5.91 Å². The van der Waals surface area contributed by atoms with E-state index < -0.39 is 0 Å². The third-order valence-electron chi connectivity index (χ3n) is 4.72. The zero-order valence-electron chi connectivity index (χ0n) is 10.2. The molecule has 1 saturated heterocycles. The molecule has 3 rings (SSSR count). The van der Waals surface area contributed by atoms with Gasteiger partial charge in [0.25, 0.3) is 0 Å². The molecule has 94 valence electrons. The van der Waals surface area contributed by atoms with Crippen LogP contribution < -0.4 is 0 Å². The predicted molar refractivity (Wildman–Crippen MR) is 65.3 cm³/mol. The van der Waals surface area contributed by atoms with Crippen LogP contribution in [0, 0.1) is 17.8 Å². The molecule has 3 aliphatic rings. The summed E-state index contributed by atoms with van der Waals surface area (Å²) in [6.45, 7) is 1.68. The van der Waals surface area contributed by atoms with Crippen LogP contribution in [0.1, 0.15) is 32.1 Å². The maximum absolute atomic E-state index is 12.1. The average Bonchev–Trinajstić information content (AvgIpc) is 2.97. The molecule has 4 atom stereocenters. The molecular formula is C14H21NO2. The van der Waals surface area contributed by atoms with Crippen LogP contribution >= 0.6 is 0 Å². The average molecular weight is 235 g/mol. The minimum absolute atomic E-state index is 0.163. The van der Waals surface area contributed by atoms with Crippen molar-refractivity contribution in [1.29, 1.82) is 0 Å². The second kappa shape index (κ2) is 4.45. The van der Waals surface area contributed by atoms with Gasteiger partial charge in [0.05, 0.1) is 6.10 Å². The van der Waals surface area contributed by atoms with Crippen LogP contribution in [0.5, 0.6) is 0 Å². The minimum atomic E-state index is -0.163. The van der Waals surface area contributed by atoms with Crippen molar-refractivity contribution in [2.45, 2.75) is 38.2 Å². The van der Waals surface area contributed by atoms with Crippen LogP contribution in [-0.4, -0.2) is 35.1 Å². The lowest BCUT2D eigenvalue weighted by molar-refractivity contribution is -0.131. The summed E-state index contributed by atoms with van der Waals surface area (Å²) in [5, 5.41) is 9.83.